The third-order valence-corrected chi connectivity index (χ3v) is 5.84. The van der Waals surface area contributed by atoms with E-state index in [1.807, 2.05) is 6.92 Å². The van der Waals surface area contributed by atoms with E-state index in [1.54, 1.807) is 0 Å². The number of nitrogens with zero attached hydrogens (tertiary/aromatic N) is 1. The van der Waals surface area contributed by atoms with Crippen molar-refractivity contribution in [3.63, 3.8) is 0 Å². The van der Waals surface area contributed by atoms with Gasteiger partial charge in [-0.1, -0.05) is 18.5 Å². The summed E-state index contributed by atoms with van der Waals surface area (Å²) < 4.78 is 26.4. The average molecular weight is 305 g/mol. The van der Waals surface area contributed by atoms with E-state index in [0.717, 1.165) is 6.42 Å². The number of nitrogen functional groups attached to an aromatic ring is 1. The van der Waals surface area contributed by atoms with Gasteiger partial charge in [0.25, 0.3) is 0 Å². The summed E-state index contributed by atoms with van der Waals surface area (Å²) in [5, 5.41) is 9.58. The molecule has 1 aliphatic heterocycles. The second-order valence-corrected chi connectivity index (χ2v) is 7.11. The van der Waals surface area contributed by atoms with Gasteiger partial charge in [-0.05, 0) is 30.5 Å². The van der Waals surface area contributed by atoms with Crippen LogP contribution >= 0.6 is 11.6 Å². The van der Waals surface area contributed by atoms with Gasteiger partial charge in [0, 0.05) is 6.54 Å². The number of nitrogens with two attached hydrogens (primary N) is 1. The predicted molar refractivity (Wildman–Crippen MR) is 74.4 cm³/mol. The van der Waals surface area contributed by atoms with Crippen LogP contribution in [0, 0.1) is 5.92 Å². The molecule has 1 aromatic carbocycles. The number of hydrogen-bond donors (Lipinski definition) is 2. The number of sulfonamides is 1. The molecule has 106 valence electrons. The van der Waals surface area contributed by atoms with Crippen LogP contribution in [0.1, 0.15) is 13.3 Å². The van der Waals surface area contributed by atoms with Crippen LogP contribution in [0.25, 0.3) is 0 Å². The fourth-order valence-corrected chi connectivity index (χ4v) is 4.35. The first kappa shape index (κ1) is 14.6. The standard InChI is InChI=1S/C12H17ClN2O3S/c1-8-4-5-15(12(8)7-16)19(17,18)9-2-3-11(14)10(13)6-9/h2-3,6,8,12,16H,4-5,7,14H2,1H3. The van der Waals surface area contributed by atoms with E-state index < -0.39 is 10.0 Å². The number of anilines is 1. The molecule has 0 amide bonds. The molecule has 5 nitrogen and oxygen atoms in total. The van der Waals surface area contributed by atoms with Gasteiger partial charge in [-0.15, -0.1) is 0 Å². The Kier molecular flexibility index (Phi) is 4.06. The molecule has 0 radical (unpaired) electrons. The molecule has 19 heavy (non-hydrogen) atoms. The first-order valence-electron chi connectivity index (χ1n) is 6.05. The Morgan fingerprint density at radius 3 is 2.79 bits per heavy atom. The van der Waals surface area contributed by atoms with Crippen molar-refractivity contribution in [3.8, 4) is 0 Å². The van der Waals surface area contributed by atoms with Crippen LogP contribution in [0.2, 0.25) is 5.02 Å². The Labute approximate surface area is 118 Å². The summed E-state index contributed by atoms with van der Waals surface area (Å²) in [5.74, 6) is 0.143. The van der Waals surface area contributed by atoms with Crippen LogP contribution < -0.4 is 5.73 Å². The average Bonchev–Trinajstić information content (AvgIpc) is 2.74. The molecular weight excluding hydrogens is 288 g/mol. The SMILES string of the molecule is CC1CCN(S(=O)(=O)c2ccc(N)c(Cl)c2)C1CO. The third-order valence-electron chi connectivity index (χ3n) is 3.60. The highest BCUT2D eigenvalue weighted by Gasteiger charge is 2.39. The Morgan fingerprint density at radius 2 is 2.21 bits per heavy atom. The van der Waals surface area contributed by atoms with Crippen LogP contribution in [0.5, 0.6) is 0 Å². The van der Waals surface area contributed by atoms with E-state index in [2.05, 4.69) is 0 Å². The molecule has 3 N–H and O–H groups in total. The van der Waals surface area contributed by atoms with Crippen LogP contribution in [-0.2, 0) is 10.0 Å². The lowest BCUT2D eigenvalue weighted by Gasteiger charge is -2.24. The van der Waals surface area contributed by atoms with Crippen molar-refractivity contribution in [1.82, 2.24) is 4.31 Å². The molecular formula is C12H17ClN2O3S. The maximum atomic E-state index is 12.5. The molecule has 0 aliphatic carbocycles. The minimum Gasteiger partial charge on any atom is -0.398 e. The van der Waals surface area contributed by atoms with Gasteiger partial charge in [0.05, 0.1) is 28.3 Å². The minimum atomic E-state index is -3.64. The van der Waals surface area contributed by atoms with E-state index in [-0.39, 0.29) is 28.5 Å². The topological polar surface area (TPSA) is 83.6 Å². The van der Waals surface area contributed by atoms with Crippen molar-refractivity contribution in [2.45, 2.75) is 24.3 Å². The molecule has 0 spiro atoms. The van der Waals surface area contributed by atoms with Gasteiger partial charge in [0.2, 0.25) is 10.0 Å². The Hall–Kier alpha value is -0.820. The largest absolute Gasteiger partial charge is 0.398 e. The summed E-state index contributed by atoms with van der Waals surface area (Å²) in [7, 11) is -3.64. The summed E-state index contributed by atoms with van der Waals surface area (Å²) in [6.07, 6.45) is 0.743. The number of rotatable bonds is 3. The lowest BCUT2D eigenvalue weighted by atomic mass is 10.0. The molecule has 1 aromatic rings. The summed E-state index contributed by atoms with van der Waals surface area (Å²) in [5.41, 5.74) is 5.92. The molecule has 0 saturated carbocycles. The van der Waals surface area contributed by atoms with Crippen molar-refractivity contribution < 1.29 is 13.5 Å². The molecule has 2 unspecified atom stereocenters. The Morgan fingerprint density at radius 1 is 1.53 bits per heavy atom. The summed E-state index contributed by atoms with van der Waals surface area (Å²) in [4.78, 5) is 0.110. The quantitative estimate of drug-likeness (QED) is 0.825. The second-order valence-electron chi connectivity index (χ2n) is 4.81. The second kappa shape index (κ2) is 5.28. The van der Waals surface area contributed by atoms with Gasteiger partial charge in [-0.2, -0.15) is 4.31 Å². The van der Waals surface area contributed by atoms with E-state index >= 15 is 0 Å². The van der Waals surface area contributed by atoms with Gasteiger partial charge < -0.3 is 10.8 Å². The fraction of sp³-hybridized carbons (Fsp3) is 0.500. The van der Waals surface area contributed by atoms with Crippen LogP contribution in [0.15, 0.2) is 23.1 Å². The number of hydrogen-bond acceptors (Lipinski definition) is 4. The van der Waals surface area contributed by atoms with Gasteiger partial charge in [-0.25, -0.2) is 8.42 Å². The highest BCUT2D eigenvalue weighted by molar-refractivity contribution is 7.89. The molecule has 1 fully saturated rings. The van der Waals surface area contributed by atoms with Crippen molar-refractivity contribution in [1.29, 1.82) is 0 Å². The molecule has 0 bridgehead atoms. The predicted octanol–water partition coefficient (Wildman–Crippen LogP) is 1.31. The van der Waals surface area contributed by atoms with Crippen molar-refractivity contribution in [3.05, 3.63) is 23.2 Å². The zero-order chi connectivity index (χ0) is 14.2. The molecule has 2 atom stereocenters. The Balaban J connectivity index is 2.39. The Bertz CT molecular complexity index is 576. The smallest absolute Gasteiger partial charge is 0.243 e. The number of benzene rings is 1. The summed E-state index contributed by atoms with van der Waals surface area (Å²) >= 11 is 5.87. The minimum absolute atomic E-state index is 0.110. The van der Waals surface area contributed by atoms with Crippen LogP contribution in [0.4, 0.5) is 5.69 Å². The molecule has 7 heteroatoms. The van der Waals surface area contributed by atoms with Gasteiger partial charge in [0.15, 0.2) is 0 Å². The zero-order valence-corrected chi connectivity index (χ0v) is 12.2. The first-order valence-corrected chi connectivity index (χ1v) is 7.87. The highest BCUT2D eigenvalue weighted by Crippen LogP contribution is 2.31. The van der Waals surface area contributed by atoms with Crippen molar-refractivity contribution in [2.24, 2.45) is 5.92 Å². The fourth-order valence-electron chi connectivity index (χ4n) is 2.35. The van der Waals surface area contributed by atoms with Crippen molar-refractivity contribution in [2.75, 3.05) is 18.9 Å². The third kappa shape index (κ3) is 2.58. The monoisotopic (exact) mass is 304 g/mol. The van der Waals surface area contributed by atoms with Gasteiger partial charge in [0.1, 0.15) is 0 Å². The van der Waals surface area contributed by atoms with Crippen LogP contribution in [0.3, 0.4) is 0 Å². The molecule has 1 saturated heterocycles. The zero-order valence-electron chi connectivity index (χ0n) is 10.6. The highest BCUT2D eigenvalue weighted by atomic mass is 35.5. The van der Waals surface area contributed by atoms with E-state index in [0.29, 0.717) is 12.2 Å². The lowest BCUT2D eigenvalue weighted by Crippen LogP contribution is -2.39. The van der Waals surface area contributed by atoms with Gasteiger partial charge >= 0.3 is 0 Å². The number of halogens is 1. The maximum absolute atomic E-state index is 12.5. The van der Waals surface area contributed by atoms with Gasteiger partial charge in [-0.3, -0.25) is 0 Å². The number of aliphatic hydroxyl groups is 1. The van der Waals surface area contributed by atoms with E-state index in [1.165, 1.54) is 22.5 Å². The normalized spacial score (nSPS) is 24.8. The van der Waals surface area contributed by atoms with E-state index in [4.69, 9.17) is 17.3 Å². The molecule has 1 aliphatic rings. The van der Waals surface area contributed by atoms with Crippen molar-refractivity contribution >= 4 is 27.3 Å². The summed E-state index contributed by atoms with van der Waals surface area (Å²) in [6.45, 7) is 2.17. The molecule has 2 rings (SSSR count). The molecule has 0 aromatic heterocycles. The lowest BCUT2D eigenvalue weighted by molar-refractivity contribution is 0.191. The van der Waals surface area contributed by atoms with E-state index in [9.17, 15) is 13.5 Å². The first-order chi connectivity index (χ1) is 8.87. The molecule has 1 heterocycles. The number of aliphatic hydroxyl groups excluding tert-OH is 1. The summed E-state index contributed by atoms with van der Waals surface area (Å²) in [6, 6.07) is 3.89. The van der Waals surface area contributed by atoms with Crippen LogP contribution in [-0.4, -0.2) is 37.0 Å². The maximum Gasteiger partial charge on any atom is 0.243 e.